The van der Waals surface area contributed by atoms with Crippen LogP contribution in [0.25, 0.3) is 10.2 Å². The molecule has 0 spiro atoms. The smallest absolute Gasteiger partial charge is 0.262 e. The normalized spacial score (nSPS) is 10.9. The molecule has 5 nitrogen and oxygen atoms in total. The monoisotopic (exact) mass is 415 g/mol. The number of hydrogen-bond donors (Lipinski definition) is 0. The fourth-order valence-electron chi connectivity index (χ4n) is 3.61. The molecule has 0 saturated carbocycles. The van der Waals surface area contributed by atoms with E-state index in [-0.39, 0.29) is 5.56 Å². The first-order valence-electron chi connectivity index (χ1n) is 9.62. The molecule has 0 N–H and O–H groups in total. The van der Waals surface area contributed by atoms with Crippen molar-refractivity contribution >= 4 is 21.6 Å². The third-order valence-electron chi connectivity index (χ3n) is 5.31. The summed E-state index contributed by atoms with van der Waals surface area (Å²) in [7, 11) is 1.64. The molecule has 150 valence electrons. The molecule has 6 heteroatoms. The number of hydrogen-bond acceptors (Lipinski definition) is 5. The van der Waals surface area contributed by atoms with Crippen LogP contribution < -0.4 is 10.3 Å². The second kappa shape index (κ2) is 8.13. The highest BCUT2D eigenvalue weighted by atomic mass is 32.1. The number of aryl methyl sites for hydroxylation is 2. The molecule has 2 heterocycles. The molecular formula is C24H21N3O2S. The third kappa shape index (κ3) is 3.60. The van der Waals surface area contributed by atoms with Crippen LogP contribution in [0.3, 0.4) is 0 Å². The Morgan fingerprint density at radius 2 is 1.97 bits per heavy atom. The number of methoxy groups -OCH3 is 1. The molecule has 2 aromatic carbocycles. The van der Waals surface area contributed by atoms with E-state index in [2.05, 4.69) is 6.07 Å². The number of rotatable bonds is 5. The number of nitriles is 1. The summed E-state index contributed by atoms with van der Waals surface area (Å²) in [6.07, 6.45) is 0.475. The van der Waals surface area contributed by atoms with Crippen molar-refractivity contribution in [3.05, 3.63) is 91.8 Å². The molecule has 0 atom stereocenters. The highest BCUT2D eigenvalue weighted by molar-refractivity contribution is 7.18. The van der Waals surface area contributed by atoms with Gasteiger partial charge in [-0.2, -0.15) is 5.26 Å². The minimum atomic E-state index is -0.0471. The first kappa shape index (κ1) is 19.9. The number of para-hydroxylation sites is 1. The number of fused-ring (bicyclic) bond motifs is 1. The quantitative estimate of drug-likeness (QED) is 0.478. The van der Waals surface area contributed by atoms with E-state index in [0.717, 1.165) is 32.1 Å². The summed E-state index contributed by atoms with van der Waals surface area (Å²) in [5.74, 6) is 1.45. The Hall–Kier alpha value is -3.43. The minimum Gasteiger partial charge on any atom is -0.496 e. The zero-order valence-corrected chi connectivity index (χ0v) is 17.9. The second-order valence-electron chi connectivity index (χ2n) is 7.18. The summed E-state index contributed by atoms with van der Waals surface area (Å²) in [5, 5.41) is 9.91. The van der Waals surface area contributed by atoms with Gasteiger partial charge in [-0.3, -0.25) is 9.36 Å². The van der Waals surface area contributed by atoms with Crippen molar-refractivity contribution < 1.29 is 4.74 Å². The molecule has 0 aliphatic rings. The summed E-state index contributed by atoms with van der Waals surface area (Å²) in [5.41, 5.74) is 3.37. The largest absolute Gasteiger partial charge is 0.496 e. The molecule has 0 radical (unpaired) electrons. The predicted octanol–water partition coefficient (Wildman–Crippen LogP) is 4.59. The van der Waals surface area contributed by atoms with E-state index in [1.807, 2.05) is 56.3 Å². The molecule has 0 aliphatic heterocycles. The molecular weight excluding hydrogens is 394 g/mol. The van der Waals surface area contributed by atoms with Crippen molar-refractivity contribution in [2.24, 2.45) is 0 Å². The van der Waals surface area contributed by atoms with Gasteiger partial charge in [0.25, 0.3) is 5.56 Å². The standard InChI is InChI=1S/C24H21N3O2S/c1-15-16(2)30-23-22(15)24(28)27(14-18-8-6-7-17(11-18)13-25)21(26-23)12-19-9-4-5-10-20(19)29-3/h4-11H,12,14H2,1-3H3. The van der Waals surface area contributed by atoms with Gasteiger partial charge < -0.3 is 4.74 Å². The molecule has 4 aromatic rings. The van der Waals surface area contributed by atoms with Gasteiger partial charge in [0.2, 0.25) is 0 Å². The Balaban J connectivity index is 1.90. The van der Waals surface area contributed by atoms with Crippen molar-refractivity contribution in [1.29, 1.82) is 5.26 Å². The van der Waals surface area contributed by atoms with Gasteiger partial charge in [0.1, 0.15) is 16.4 Å². The third-order valence-corrected chi connectivity index (χ3v) is 6.41. The van der Waals surface area contributed by atoms with E-state index in [9.17, 15) is 10.1 Å². The highest BCUT2D eigenvalue weighted by Gasteiger charge is 2.18. The van der Waals surface area contributed by atoms with E-state index in [4.69, 9.17) is 9.72 Å². The molecule has 2 aromatic heterocycles. The van der Waals surface area contributed by atoms with Crippen LogP contribution in [0.1, 0.15) is 33.0 Å². The topological polar surface area (TPSA) is 67.9 Å². The Morgan fingerprint density at radius 1 is 1.17 bits per heavy atom. The summed E-state index contributed by atoms with van der Waals surface area (Å²) in [6, 6.07) is 17.3. The molecule has 30 heavy (non-hydrogen) atoms. The fourth-order valence-corrected chi connectivity index (χ4v) is 4.65. The van der Waals surface area contributed by atoms with Crippen LogP contribution in [0, 0.1) is 25.2 Å². The maximum Gasteiger partial charge on any atom is 0.262 e. The lowest BCUT2D eigenvalue weighted by Crippen LogP contribution is -2.26. The second-order valence-corrected chi connectivity index (χ2v) is 8.39. The van der Waals surface area contributed by atoms with Crippen LogP contribution >= 0.6 is 11.3 Å². The number of aromatic nitrogens is 2. The van der Waals surface area contributed by atoms with E-state index < -0.39 is 0 Å². The molecule has 0 aliphatic carbocycles. The molecule has 0 amide bonds. The Labute approximate surface area is 178 Å². The molecule has 4 rings (SSSR count). The van der Waals surface area contributed by atoms with Crippen LogP contribution in [0.2, 0.25) is 0 Å². The average Bonchev–Trinajstić information content (AvgIpc) is 3.04. The van der Waals surface area contributed by atoms with E-state index in [1.165, 1.54) is 0 Å². The maximum atomic E-state index is 13.5. The van der Waals surface area contributed by atoms with Gasteiger partial charge in [-0.15, -0.1) is 11.3 Å². The van der Waals surface area contributed by atoms with Crippen LogP contribution in [0.4, 0.5) is 0 Å². The SMILES string of the molecule is COc1ccccc1Cc1nc2sc(C)c(C)c2c(=O)n1Cc1cccc(C#N)c1. The Bertz CT molecular complexity index is 1350. The maximum absolute atomic E-state index is 13.5. The lowest BCUT2D eigenvalue weighted by Gasteiger charge is -2.14. The van der Waals surface area contributed by atoms with Crippen LogP contribution in [0.5, 0.6) is 5.75 Å². The van der Waals surface area contributed by atoms with Gasteiger partial charge >= 0.3 is 0 Å². The van der Waals surface area contributed by atoms with Crippen molar-refractivity contribution in [3.8, 4) is 11.8 Å². The number of nitrogens with zero attached hydrogens (tertiary/aromatic N) is 3. The highest BCUT2D eigenvalue weighted by Crippen LogP contribution is 2.28. The van der Waals surface area contributed by atoms with E-state index >= 15 is 0 Å². The van der Waals surface area contributed by atoms with Gasteiger partial charge in [-0.1, -0.05) is 30.3 Å². The van der Waals surface area contributed by atoms with Gasteiger partial charge in [0.15, 0.2) is 0 Å². The van der Waals surface area contributed by atoms with Gasteiger partial charge in [-0.05, 0) is 43.2 Å². The van der Waals surface area contributed by atoms with Crippen molar-refractivity contribution in [2.75, 3.05) is 7.11 Å². The zero-order valence-electron chi connectivity index (χ0n) is 17.1. The van der Waals surface area contributed by atoms with Gasteiger partial charge in [-0.25, -0.2) is 4.98 Å². The first-order chi connectivity index (χ1) is 14.5. The average molecular weight is 416 g/mol. The Kier molecular flexibility index (Phi) is 5.39. The summed E-state index contributed by atoms with van der Waals surface area (Å²) >= 11 is 1.55. The molecule has 0 unspecified atom stereocenters. The van der Waals surface area contributed by atoms with Gasteiger partial charge in [0, 0.05) is 16.9 Å². The number of ether oxygens (including phenoxy) is 1. The lowest BCUT2D eigenvalue weighted by atomic mass is 10.1. The minimum absolute atomic E-state index is 0.0471. The zero-order chi connectivity index (χ0) is 21.3. The van der Waals surface area contributed by atoms with Crippen LogP contribution in [-0.4, -0.2) is 16.7 Å². The Morgan fingerprint density at radius 3 is 2.73 bits per heavy atom. The van der Waals surface area contributed by atoms with Crippen molar-refractivity contribution in [1.82, 2.24) is 9.55 Å². The predicted molar refractivity (Wildman–Crippen MR) is 119 cm³/mol. The number of thiophene rings is 1. The summed E-state index contributed by atoms with van der Waals surface area (Å²) in [4.78, 5) is 20.3. The van der Waals surface area contributed by atoms with E-state index in [0.29, 0.717) is 29.7 Å². The van der Waals surface area contributed by atoms with E-state index in [1.54, 1.807) is 29.1 Å². The first-order valence-corrected chi connectivity index (χ1v) is 10.4. The van der Waals surface area contributed by atoms with Crippen LogP contribution in [0.15, 0.2) is 53.3 Å². The summed E-state index contributed by atoms with van der Waals surface area (Å²) < 4.78 is 7.22. The van der Waals surface area contributed by atoms with Crippen molar-refractivity contribution in [3.63, 3.8) is 0 Å². The van der Waals surface area contributed by atoms with Crippen LogP contribution in [-0.2, 0) is 13.0 Å². The number of benzene rings is 2. The lowest BCUT2D eigenvalue weighted by molar-refractivity contribution is 0.410. The molecule has 0 bridgehead atoms. The fraction of sp³-hybridized carbons (Fsp3) is 0.208. The molecule has 0 saturated heterocycles. The van der Waals surface area contributed by atoms with Crippen molar-refractivity contribution in [2.45, 2.75) is 26.8 Å². The summed E-state index contributed by atoms with van der Waals surface area (Å²) in [6.45, 7) is 4.34. The molecule has 0 fully saturated rings. The van der Waals surface area contributed by atoms with Gasteiger partial charge in [0.05, 0.1) is 30.7 Å².